The van der Waals surface area contributed by atoms with Crippen LogP contribution in [0.3, 0.4) is 0 Å². The van der Waals surface area contributed by atoms with Crippen LogP contribution >= 0.6 is 0 Å². The van der Waals surface area contributed by atoms with E-state index in [-0.39, 0.29) is 6.04 Å². The van der Waals surface area contributed by atoms with Gasteiger partial charge in [-0.1, -0.05) is 5.16 Å². The third-order valence-corrected chi connectivity index (χ3v) is 3.76. The van der Waals surface area contributed by atoms with Crippen molar-refractivity contribution in [3.63, 3.8) is 0 Å². The van der Waals surface area contributed by atoms with Gasteiger partial charge >= 0.3 is 0 Å². The second-order valence-corrected chi connectivity index (χ2v) is 5.44. The summed E-state index contributed by atoms with van der Waals surface area (Å²) in [5.41, 5.74) is 7.80. The summed E-state index contributed by atoms with van der Waals surface area (Å²) in [7, 11) is 0. The zero-order chi connectivity index (χ0) is 14.8. The van der Waals surface area contributed by atoms with Crippen LogP contribution in [0.4, 0.5) is 0 Å². The molecule has 21 heavy (non-hydrogen) atoms. The van der Waals surface area contributed by atoms with Crippen LogP contribution in [-0.4, -0.2) is 32.6 Å². The van der Waals surface area contributed by atoms with E-state index >= 15 is 0 Å². The van der Waals surface area contributed by atoms with Crippen molar-refractivity contribution >= 4 is 0 Å². The number of ether oxygens (including phenoxy) is 1. The molecule has 1 fully saturated rings. The number of aromatic nitrogens is 4. The Morgan fingerprint density at radius 3 is 3.00 bits per heavy atom. The molecule has 3 rings (SSSR count). The molecule has 0 aromatic carbocycles. The van der Waals surface area contributed by atoms with Gasteiger partial charge in [-0.05, 0) is 39.2 Å². The lowest BCUT2D eigenvalue weighted by Gasteiger charge is -2.26. The van der Waals surface area contributed by atoms with Crippen molar-refractivity contribution in [1.82, 2.24) is 19.9 Å². The molecule has 2 heterocycles. The molecule has 0 amide bonds. The van der Waals surface area contributed by atoms with Crippen LogP contribution in [0.1, 0.15) is 43.7 Å². The average molecular weight is 291 g/mol. The number of rotatable bonds is 6. The largest absolute Gasteiger partial charge is 0.376 e. The summed E-state index contributed by atoms with van der Waals surface area (Å²) in [5.74, 6) is 0.928. The fourth-order valence-electron chi connectivity index (χ4n) is 2.30. The molecule has 0 aliphatic heterocycles. The fraction of sp³-hybridized carbons (Fsp3) is 0.643. The summed E-state index contributed by atoms with van der Waals surface area (Å²) in [6, 6.07) is 1.57. The zero-order valence-corrected chi connectivity index (χ0v) is 12.5. The molecular weight excluding hydrogens is 270 g/mol. The monoisotopic (exact) mass is 291 g/mol. The third kappa shape index (κ3) is 2.98. The Morgan fingerprint density at radius 1 is 1.52 bits per heavy atom. The van der Waals surface area contributed by atoms with Gasteiger partial charge in [-0.15, -0.1) is 0 Å². The van der Waals surface area contributed by atoms with Gasteiger partial charge in [-0.3, -0.25) is 4.68 Å². The highest BCUT2D eigenvalue weighted by atomic mass is 16.5. The molecule has 2 aromatic heterocycles. The molecule has 1 atom stereocenters. The Labute approximate surface area is 123 Å². The van der Waals surface area contributed by atoms with Crippen LogP contribution in [0, 0.1) is 6.92 Å². The average Bonchev–Trinajstić information content (AvgIpc) is 3.02. The Bertz CT molecular complexity index is 602. The summed E-state index contributed by atoms with van der Waals surface area (Å²) < 4.78 is 12.8. The Balaban J connectivity index is 1.69. The standard InChI is InChI=1S/C14H21N5O2/c1-3-19-12(7-9(2)17-19)14-16-13(18-21-14)11(15)8-20-10-5-4-6-10/h7,10-11H,3-6,8,15H2,1-2H3. The third-order valence-electron chi connectivity index (χ3n) is 3.76. The highest BCUT2D eigenvalue weighted by molar-refractivity contribution is 5.47. The molecule has 0 radical (unpaired) electrons. The molecule has 0 saturated heterocycles. The van der Waals surface area contributed by atoms with Crippen molar-refractivity contribution in [2.24, 2.45) is 5.73 Å². The van der Waals surface area contributed by atoms with E-state index in [1.807, 2.05) is 24.6 Å². The second kappa shape index (κ2) is 5.95. The number of nitrogens with two attached hydrogens (primary N) is 1. The minimum atomic E-state index is -0.359. The normalized spacial score (nSPS) is 16.9. The van der Waals surface area contributed by atoms with Crippen LogP contribution in [-0.2, 0) is 11.3 Å². The van der Waals surface area contributed by atoms with E-state index in [0.29, 0.717) is 24.4 Å². The van der Waals surface area contributed by atoms with E-state index < -0.39 is 0 Å². The van der Waals surface area contributed by atoms with Crippen molar-refractivity contribution < 1.29 is 9.26 Å². The van der Waals surface area contributed by atoms with E-state index in [4.69, 9.17) is 15.0 Å². The van der Waals surface area contributed by atoms with Gasteiger partial charge in [0.1, 0.15) is 5.69 Å². The van der Waals surface area contributed by atoms with Gasteiger partial charge in [-0.2, -0.15) is 10.1 Å². The minimum Gasteiger partial charge on any atom is -0.376 e. The Morgan fingerprint density at radius 2 is 2.33 bits per heavy atom. The number of hydrogen-bond acceptors (Lipinski definition) is 6. The molecule has 1 unspecified atom stereocenters. The van der Waals surface area contributed by atoms with Crippen LogP contribution in [0.25, 0.3) is 11.6 Å². The number of aryl methyl sites for hydroxylation is 2. The molecule has 114 valence electrons. The summed E-state index contributed by atoms with van der Waals surface area (Å²) in [6.45, 7) is 5.13. The molecule has 2 N–H and O–H groups in total. The zero-order valence-electron chi connectivity index (χ0n) is 12.5. The predicted octanol–water partition coefficient (Wildman–Crippen LogP) is 1.83. The first-order chi connectivity index (χ1) is 10.2. The molecule has 1 aliphatic rings. The smallest absolute Gasteiger partial charge is 0.276 e. The molecule has 0 spiro atoms. The highest BCUT2D eigenvalue weighted by Crippen LogP contribution is 2.24. The second-order valence-electron chi connectivity index (χ2n) is 5.44. The minimum absolute atomic E-state index is 0.353. The first-order valence-electron chi connectivity index (χ1n) is 7.43. The summed E-state index contributed by atoms with van der Waals surface area (Å²) >= 11 is 0. The van der Waals surface area contributed by atoms with Gasteiger partial charge in [0.15, 0.2) is 5.82 Å². The first kappa shape index (κ1) is 14.2. The topological polar surface area (TPSA) is 92.0 Å². The molecule has 7 heteroatoms. The highest BCUT2D eigenvalue weighted by Gasteiger charge is 2.22. The maximum absolute atomic E-state index is 6.06. The van der Waals surface area contributed by atoms with Gasteiger partial charge in [0.25, 0.3) is 5.89 Å². The molecular formula is C14H21N5O2. The van der Waals surface area contributed by atoms with Crippen molar-refractivity contribution in [1.29, 1.82) is 0 Å². The van der Waals surface area contributed by atoms with E-state index in [1.165, 1.54) is 6.42 Å². The predicted molar refractivity (Wildman–Crippen MR) is 76.4 cm³/mol. The number of hydrogen-bond donors (Lipinski definition) is 1. The number of nitrogens with zero attached hydrogens (tertiary/aromatic N) is 4. The van der Waals surface area contributed by atoms with Crippen LogP contribution < -0.4 is 5.73 Å². The van der Waals surface area contributed by atoms with Crippen LogP contribution in [0.2, 0.25) is 0 Å². The lowest BCUT2D eigenvalue weighted by atomic mass is 9.96. The Hall–Kier alpha value is -1.73. The quantitative estimate of drug-likeness (QED) is 0.873. The lowest BCUT2D eigenvalue weighted by molar-refractivity contribution is -0.00549. The van der Waals surface area contributed by atoms with E-state index in [0.717, 1.165) is 30.8 Å². The van der Waals surface area contributed by atoms with E-state index in [9.17, 15) is 0 Å². The fourth-order valence-corrected chi connectivity index (χ4v) is 2.30. The van der Waals surface area contributed by atoms with Crippen LogP contribution in [0.15, 0.2) is 10.6 Å². The van der Waals surface area contributed by atoms with Gasteiger partial charge in [-0.25, -0.2) is 0 Å². The molecule has 1 aliphatic carbocycles. The molecule has 7 nitrogen and oxygen atoms in total. The van der Waals surface area contributed by atoms with Gasteiger partial charge < -0.3 is 15.0 Å². The van der Waals surface area contributed by atoms with Gasteiger partial charge in [0.2, 0.25) is 0 Å². The van der Waals surface area contributed by atoms with Crippen molar-refractivity contribution in [2.45, 2.75) is 51.8 Å². The molecule has 0 bridgehead atoms. The molecule has 1 saturated carbocycles. The van der Waals surface area contributed by atoms with Crippen molar-refractivity contribution in [3.8, 4) is 11.6 Å². The van der Waals surface area contributed by atoms with E-state index in [1.54, 1.807) is 0 Å². The maximum atomic E-state index is 6.06. The summed E-state index contributed by atoms with van der Waals surface area (Å²) in [6.07, 6.45) is 3.84. The van der Waals surface area contributed by atoms with Gasteiger partial charge in [0.05, 0.1) is 24.4 Å². The van der Waals surface area contributed by atoms with E-state index in [2.05, 4.69) is 15.2 Å². The summed E-state index contributed by atoms with van der Waals surface area (Å²) in [5, 5.41) is 8.34. The van der Waals surface area contributed by atoms with Gasteiger partial charge in [0, 0.05) is 6.54 Å². The van der Waals surface area contributed by atoms with Crippen LogP contribution in [0.5, 0.6) is 0 Å². The molecule has 2 aromatic rings. The SMILES string of the molecule is CCn1nc(C)cc1-c1nc(C(N)COC2CCC2)no1. The van der Waals surface area contributed by atoms with Crippen molar-refractivity contribution in [2.75, 3.05) is 6.61 Å². The first-order valence-corrected chi connectivity index (χ1v) is 7.43. The lowest BCUT2D eigenvalue weighted by Crippen LogP contribution is -2.27. The maximum Gasteiger partial charge on any atom is 0.276 e. The Kier molecular flexibility index (Phi) is 4.03. The summed E-state index contributed by atoms with van der Waals surface area (Å²) in [4.78, 5) is 4.38. The van der Waals surface area contributed by atoms with Crippen molar-refractivity contribution in [3.05, 3.63) is 17.6 Å².